The molecule has 2 aromatic rings. The molecule has 3 rings (SSSR count). The van der Waals surface area contributed by atoms with Crippen LogP contribution < -0.4 is 19.5 Å². The van der Waals surface area contributed by atoms with Gasteiger partial charge < -0.3 is 19.5 Å². The maximum Gasteiger partial charge on any atom is 0.254 e. The van der Waals surface area contributed by atoms with Gasteiger partial charge in [0.25, 0.3) is 5.91 Å². The van der Waals surface area contributed by atoms with Crippen molar-refractivity contribution in [3.05, 3.63) is 52.8 Å². The molecule has 0 spiro atoms. The molecule has 26 heavy (non-hydrogen) atoms. The minimum atomic E-state index is -0.627. The Morgan fingerprint density at radius 1 is 1.35 bits per heavy atom. The SMILES string of the molecule is CCOc1cc2c(cc1CNC(=O)c1ccc(OC)cc1F)OC(C)C2. The molecular formula is C20H22FNO4. The second kappa shape index (κ2) is 7.64. The van der Waals surface area contributed by atoms with Crippen LogP contribution in [0.2, 0.25) is 0 Å². The molecule has 1 atom stereocenters. The maximum absolute atomic E-state index is 14.1. The van der Waals surface area contributed by atoms with Crippen LogP contribution in [0.3, 0.4) is 0 Å². The fourth-order valence-electron chi connectivity index (χ4n) is 2.99. The lowest BCUT2D eigenvalue weighted by atomic mass is 10.1. The number of nitrogens with one attached hydrogen (secondary N) is 1. The van der Waals surface area contributed by atoms with Crippen molar-refractivity contribution in [2.75, 3.05) is 13.7 Å². The highest BCUT2D eigenvalue weighted by Crippen LogP contribution is 2.35. The molecule has 1 aliphatic rings. The Balaban J connectivity index is 1.76. The van der Waals surface area contributed by atoms with Crippen molar-refractivity contribution in [1.29, 1.82) is 0 Å². The van der Waals surface area contributed by atoms with Gasteiger partial charge in [-0.05, 0) is 38.1 Å². The third kappa shape index (κ3) is 3.74. The zero-order valence-corrected chi connectivity index (χ0v) is 15.1. The number of methoxy groups -OCH3 is 1. The Hall–Kier alpha value is -2.76. The first kappa shape index (κ1) is 18.0. The summed E-state index contributed by atoms with van der Waals surface area (Å²) in [4.78, 5) is 12.3. The lowest BCUT2D eigenvalue weighted by Gasteiger charge is -2.13. The van der Waals surface area contributed by atoms with Gasteiger partial charge in [0.05, 0.1) is 19.3 Å². The molecule has 1 heterocycles. The zero-order valence-electron chi connectivity index (χ0n) is 15.1. The van der Waals surface area contributed by atoms with Crippen LogP contribution >= 0.6 is 0 Å². The van der Waals surface area contributed by atoms with Crippen LogP contribution in [0.5, 0.6) is 17.2 Å². The summed E-state index contributed by atoms with van der Waals surface area (Å²) in [5.74, 6) is 0.753. The second-order valence-corrected chi connectivity index (χ2v) is 6.16. The summed E-state index contributed by atoms with van der Waals surface area (Å²) in [7, 11) is 1.44. The third-order valence-corrected chi connectivity index (χ3v) is 4.24. The van der Waals surface area contributed by atoms with E-state index in [2.05, 4.69) is 5.32 Å². The monoisotopic (exact) mass is 359 g/mol. The quantitative estimate of drug-likeness (QED) is 0.858. The van der Waals surface area contributed by atoms with Crippen LogP contribution in [-0.2, 0) is 13.0 Å². The Labute approximate surface area is 152 Å². The Morgan fingerprint density at radius 2 is 2.15 bits per heavy atom. The number of halogens is 1. The summed E-state index contributed by atoms with van der Waals surface area (Å²) in [6.45, 7) is 4.64. The minimum absolute atomic E-state index is 0.0326. The van der Waals surface area contributed by atoms with E-state index in [9.17, 15) is 9.18 Å². The highest BCUT2D eigenvalue weighted by Gasteiger charge is 2.22. The van der Waals surface area contributed by atoms with Gasteiger partial charge in [-0.3, -0.25) is 4.79 Å². The van der Waals surface area contributed by atoms with Gasteiger partial charge in [-0.25, -0.2) is 4.39 Å². The molecule has 1 unspecified atom stereocenters. The number of hydrogen-bond acceptors (Lipinski definition) is 4. The van der Waals surface area contributed by atoms with Gasteiger partial charge in [0.1, 0.15) is 29.2 Å². The summed E-state index contributed by atoms with van der Waals surface area (Å²) in [6, 6.07) is 7.98. The van der Waals surface area contributed by atoms with E-state index >= 15 is 0 Å². The Morgan fingerprint density at radius 3 is 2.85 bits per heavy atom. The summed E-state index contributed by atoms with van der Waals surface area (Å²) in [5, 5.41) is 2.74. The Bertz CT molecular complexity index is 822. The van der Waals surface area contributed by atoms with E-state index in [1.165, 1.54) is 19.2 Å². The molecule has 0 radical (unpaired) electrons. The second-order valence-electron chi connectivity index (χ2n) is 6.16. The molecule has 1 N–H and O–H groups in total. The fraction of sp³-hybridized carbons (Fsp3) is 0.350. The first-order chi connectivity index (χ1) is 12.5. The number of fused-ring (bicyclic) bond motifs is 1. The van der Waals surface area contributed by atoms with E-state index in [0.717, 1.165) is 23.3 Å². The summed E-state index contributed by atoms with van der Waals surface area (Å²) >= 11 is 0. The number of ether oxygens (including phenoxy) is 3. The number of rotatable bonds is 6. The van der Waals surface area contributed by atoms with Crippen molar-refractivity contribution in [2.24, 2.45) is 0 Å². The van der Waals surface area contributed by atoms with E-state index in [-0.39, 0.29) is 18.2 Å². The lowest BCUT2D eigenvalue weighted by Crippen LogP contribution is -2.24. The van der Waals surface area contributed by atoms with Crippen molar-refractivity contribution < 1.29 is 23.4 Å². The average molecular weight is 359 g/mol. The molecule has 0 saturated carbocycles. The summed E-state index contributed by atoms with van der Waals surface area (Å²) < 4.78 is 30.5. The van der Waals surface area contributed by atoms with Crippen molar-refractivity contribution in [3.63, 3.8) is 0 Å². The molecule has 1 aliphatic heterocycles. The first-order valence-corrected chi connectivity index (χ1v) is 8.58. The van der Waals surface area contributed by atoms with E-state index in [4.69, 9.17) is 14.2 Å². The van der Waals surface area contributed by atoms with Crippen LogP contribution in [0, 0.1) is 5.82 Å². The van der Waals surface area contributed by atoms with E-state index in [0.29, 0.717) is 18.1 Å². The van der Waals surface area contributed by atoms with E-state index < -0.39 is 11.7 Å². The van der Waals surface area contributed by atoms with Gasteiger partial charge in [-0.1, -0.05) is 0 Å². The molecule has 0 fully saturated rings. The third-order valence-electron chi connectivity index (χ3n) is 4.24. The molecule has 6 heteroatoms. The summed E-state index contributed by atoms with van der Waals surface area (Å²) in [6.07, 6.45) is 0.955. The van der Waals surface area contributed by atoms with E-state index in [1.54, 1.807) is 6.07 Å². The number of amides is 1. The number of hydrogen-bond donors (Lipinski definition) is 1. The van der Waals surface area contributed by atoms with Gasteiger partial charge in [0.2, 0.25) is 0 Å². The first-order valence-electron chi connectivity index (χ1n) is 8.58. The normalized spacial score (nSPS) is 15.2. The van der Waals surface area contributed by atoms with Gasteiger partial charge in [-0.15, -0.1) is 0 Å². The molecular weight excluding hydrogens is 337 g/mol. The fourth-order valence-corrected chi connectivity index (χ4v) is 2.99. The van der Waals surface area contributed by atoms with Crippen molar-refractivity contribution >= 4 is 5.91 Å². The van der Waals surface area contributed by atoms with Crippen LogP contribution in [0.4, 0.5) is 4.39 Å². The van der Waals surface area contributed by atoms with Gasteiger partial charge in [0.15, 0.2) is 0 Å². The van der Waals surface area contributed by atoms with Crippen molar-refractivity contribution in [1.82, 2.24) is 5.32 Å². The van der Waals surface area contributed by atoms with Gasteiger partial charge in [0, 0.05) is 30.2 Å². The molecule has 0 aromatic heterocycles. The molecule has 0 bridgehead atoms. The Kier molecular flexibility index (Phi) is 5.30. The smallest absolute Gasteiger partial charge is 0.254 e. The average Bonchev–Trinajstić information content (AvgIpc) is 2.98. The minimum Gasteiger partial charge on any atom is -0.497 e. The lowest BCUT2D eigenvalue weighted by molar-refractivity contribution is 0.0946. The van der Waals surface area contributed by atoms with Crippen LogP contribution in [-0.4, -0.2) is 25.7 Å². The summed E-state index contributed by atoms with van der Waals surface area (Å²) in [5.41, 5.74) is 1.86. The highest BCUT2D eigenvalue weighted by atomic mass is 19.1. The molecule has 1 amide bonds. The molecule has 5 nitrogen and oxygen atoms in total. The van der Waals surface area contributed by atoms with Crippen molar-refractivity contribution in [2.45, 2.75) is 32.9 Å². The number of benzene rings is 2. The van der Waals surface area contributed by atoms with Crippen LogP contribution in [0.25, 0.3) is 0 Å². The van der Waals surface area contributed by atoms with Crippen LogP contribution in [0.15, 0.2) is 30.3 Å². The van der Waals surface area contributed by atoms with Crippen molar-refractivity contribution in [3.8, 4) is 17.2 Å². The highest BCUT2D eigenvalue weighted by molar-refractivity contribution is 5.94. The largest absolute Gasteiger partial charge is 0.497 e. The number of carbonyl (C=O) groups is 1. The molecule has 138 valence electrons. The maximum atomic E-state index is 14.1. The van der Waals surface area contributed by atoms with Gasteiger partial charge in [-0.2, -0.15) is 0 Å². The topological polar surface area (TPSA) is 56.8 Å². The standard InChI is InChI=1S/C20H22FNO4/c1-4-25-18-8-13-7-12(2)26-19(13)9-14(18)11-22-20(23)16-6-5-15(24-3)10-17(16)21/h5-6,8-10,12H,4,7,11H2,1-3H3,(H,22,23). The number of carbonyl (C=O) groups excluding carboxylic acids is 1. The van der Waals surface area contributed by atoms with Crippen LogP contribution in [0.1, 0.15) is 35.3 Å². The molecule has 2 aromatic carbocycles. The van der Waals surface area contributed by atoms with Gasteiger partial charge >= 0.3 is 0 Å². The predicted molar refractivity (Wildman–Crippen MR) is 95.5 cm³/mol. The molecule has 0 saturated heterocycles. The molecule has 0 aliphatic carbocycles. The predicted octanol–water partition coefficient (Wildman–Crippen LogP) is 3.49. The zero-order chi connectivity index (χ0) is 18.7. The van der Waals surface area contributed by atoms with E-state index in [1.807, 2.05) is 26.0 Å².